The first kappa shape index (κ1) is 15.9. The Kier molecular flexibility index (Phi) is 7.15. The van der Waals surface area contributed by atoms with Crippen molar-refractivity contribution < 1.29 is 0 Å². The van der Waals surface area contributed by atoms with Crippen LogP contribution in [0.5, 0.6) is 0 Å². The van der Waals surface area contributed by atoms with Crippen LogP contribution in [0.3, 0.4) is 0 Å². The summed E-state index contributed by atoms with van der Waals surface area (Å²) in [5.74, 6) is 0.636. The number of likely N-dealkylation sites (N-methyl/N-ethyl adjacent to an activating group) is 1. The Morgan fingerprint density at radius 1 is 1.11 bits per heavy atom. The largest absolute Gasteiger partial charge is 0.326 e. The molecule has 18 heavy (non-hydrogen) atoms. The Hall–Kier alpha value is -0.160. The van der Waals surface area contributed by atoms with Gasteiger partial charge in [-0.15, -0.1) is 0 Å². The summed E-state index contributed by atoms with van der Waals surface area (Å²) in [5, 5.41) is 0. The molecule has 2 N–H and O–H groups in total. The van der Waals surface area contributed by atoms with Gasteiger partial charge >= 0.3 is 0 Å². The first-order valence-corrected chi connectivity index (χ1v) is 7.38. The SMILES string of the molecule is CCC(C)C(N)CN1CCN(CCN(C)C)CC1. The van der Waals surface area contributed by atoms with E-state index >= 15 is 0 Å². The molecular formula is C14H32N4. The van der Waals surface area contributed by atoms with Crippen molar-refractivity contribution in [1.29, 1.82) is 0 Å². The third-order valence-electron chi connectivity index (χ3n) is 4.17. The van der Waals surface area contributed by atoms with Crippen LogP contribution in [0.25, 0.3) is 0 Å². The highest BCUT2D eigenvalue weighted by Crippen LogP contribution is 2.09. The van der Waals surface area contributed by atoms with Crippen LogP contribution in [0.4, 0.5) is 0 Å². The lowest BCUT2D eigenvalue weighted by Crippen LogP contribution is -2.51. The molecule has 0 aliphatic carbocycles. The molecule has 1 aliphatic heterocycles. The Bertz CT molecular complexity index is 212. The minimum atomic E-state index is 0.336. The smallest absolute Gasteiger partial charge is 0.0193 e. The molecule has 0 saturated carbocycles. The Morgan fingerprint density at radius 3 is 2.17 bits per heavy atom. The van der Waals surface area contributed by atoms with Crippen LogP contribution in [-0.4, -0.2) is 80.7 Å². The lowest BCUT2D eigenvalue weighted by Gasteiger charge is -2.37. The molecule has 0 bridgehead atoms. The average Bonchev–Trinajstić information content (AvgIpc) is 2.36. The summed E-state index contributed by atoms with van der Waals surface area (Å²) in [5.41, 5.74) is 6.23. The fraction of sp³-hybridized carbons (Fsp3) is 1.00. The lowest BCUT2D eigenvalue weighted by molar-refractivity contribution is 0.115. The summed E-state index contributed by atoms with van der Waals surface area (Å²) in [7, 11) is 4.28. The molecule has 1 aliphatic rings. The van der Waals surface area contributed by atoms with Crippen molar-refractivity contribution in [3.63, 3.8) is 0 Å². The van der Waals surface area contributed by atoms with E-state index in [0.717, 1.165) is 13.1 Å². The zero-order valence-electron chi connectivity index (χ0n) is 12.7. The van der Waals surface area contributed by atoms with Crippen LogP contribution in [0.2, 0.25) is 0 Å². The highest BCUT2D eigenvalue weighted by molar-refractivity contribution is 4.78. The van der Waals surface area contributed by atoms with Crippen molar-refractivity contribution in [2.45, 2.75) is 26.3 Å². The summed E-state index contributed by atoms with van der Waals surface area (Å²) < 4.78 is 0. The zero-order valence-corrected chi connectivity index (χ0v) is 12.7. The molecule has 1 fully saturated rings. The van der Waals surface area contributed by atoms with E-state index in [2.05, 4.69) is 42.6 Å². The summed E-state index contributed by atoms with van der Waals surface area (Å²) in [4.78, 5) is 7.35. The van der Waals surface area contributed by atoms with Crippen LogP contribution < -0.4 is 5.73 Å². The van der Waals surface area contributed by atoms with Crippen LogP contribution >= 0.6 is 0 Å². The van der Waals surface area contributed by atoms with E-state index in [1.165, 1.54) is 39.1 Å². The second-order valence-electron chi connectivity index (χ2n) is 5.99. The van der Waals surface area contributed by atoms with Crippen LogP contribution in [0.1, 0.15) is 20.3 Å². The van der Waals surface area contributed by atoms with Gasteiger partial charge in [0, 0.05) is 51.9 Å². The Labute approximate surface area is 113 Å². The van der Waals surface area contributed by atoms with Crippen molar-refractivity contribution in [3.05, 3.63) is 0 Å². The van der Waals surface area contributed by atoms with E-state index in [9.17, 15) is 0 Å². The molecule has 0 aromatic rings. The number of hydrogen-bond acceptors (Lipinski definition) is 4. The first-order valence-electron chi connectivity index (χ1n) is 7.38. The molecule has 0 amide bonds. The summed E-state index contributed by atoms with van der Waals surface area (Å²) in [6, 6.07) is 0.336. The van der Waals surface area contributed by atoms with Gasteiger partial charge in [-0.3, -0.25) is 9.80 Å². The Morgan fingerprint density at radius 2 is 1.67 bits per heavy atom. The molecule has 1 heterocycles. The van der Waals surface area contributed by atoms with Gasteiger partial charge < -0.3 is 10.6 Å². The quantitative estimate of drug-likeness (QED) is 0.721. The van der Waals surface area contributed by atoms with Gasteiger partial charge in [-0.2, -0.15) is 0 Å². The van der Waals surface area contributed by atoms with Gasteiger partial charge in [0.25, 0.3) is 0 Å². The van der Waals surface area contributed by atoms with Crippen molar-refractivity contribution in [1.82, 2.24) is 14.7 Å². The third kappa shape index (κ3) is 5.65. The topological polar surface area (TPSA) is 35.7 Å². The van der Waals surface area contributed by atoms with Crippen molar-refractivity contribution >= 4 is 0 Å². The van der Waals surface area contributed by atoms with Gasteiger partial charge in [-0.1, -0.05) is 20.3 Å². The second-order valence-corrected chi connectivity index (χ2v) is 5.99. The fourth-order valence-electron chi connectivity index (χ4n) is 2.32. The van der Waals surface area contributed by atoms with E-state index < -0.39 is 0 Å². The van der Waals surface area contributed by atoms with Crippen molar-refractivity contribution in [2.24, 2.45) is 11.7 Å². The van der Waals surface area contributed by atoms with Gasteiger partial charge in [-0.25, -0.2) is 0 Å². The summed E-state index contributed by atoms with van der Waals surface area (Å²) in [6.07, 6.45) is 1.18. The maximum atomic E-state index is 6.23. The summed E-state index contributed by atoms with van der Waals surface area (Å²) >= 11 is 0. The maximum absolute atomic E-state index is 6.23. The Balaban J connectivity index is 2.19. The lowest BCUT2D eigenvalue weighted by atomic mass is 9.99. The van der Waals surface area contributed by atoms with Gasteiger partial charge in [0.05, 0.1) is 0 Å². The number of hydrogen-bond donors (Lipinski definition) is 1. The van der Waals surface area contributed by atoms with Crippen molar-refractivity contribution in [2.75, 3.05) is 59.9 Å². The van der Waals surface area contributed by atoms with Crippen LogP contribution in [0.15, 0.2) is 0 Å². The predicted molar refractivity (Wildman–Crippen MR) is 78.9 cm³/mol. The van der Waals surface area contributed by atoms with Gasteiger partial charge in [0.1, 0.15) is 0 Å². The van der Waals surface area contributed by atoms with E-state index in [1.54, 1.807) is 0 Å². The van der Waals surface area contributed by atoms with Gasteiger partial charge in [0.15, 0.2) is 0 Å². The van der Waals surface area contributed by atoms with Gasteiger partial charge in [-0.05, 0) is 20.0 Å². The monoisotopic (exact) mass is 256 g/mol. The second kappa shape index (κ2) is 8.10. The molecule has 0 aromatic heterocycles. The highest BCUT2D eigenvalue weighted by atomic mass is 15.3. The molecule has 0 spiro atoms. The highest BCUT2D eigenvalue weighted by Gasteiger charge is 2.20. The van der Waals surface area contributed by atoms with Crippen LogP contribution in [0, 0.1) is 5.92 Å². The molecule has 2 unspecified atom stereocenters. The van der Waals surface area contributed by atoms with E-state index in [1.807, 2.05) is 0 Å². The minimum Gasteiger partial charge on any atom is -0.326 e. The molecule has 0 aromatic carbocycles. The van der Waals surface area contributed by atoms with Gasteiger partial charge in [0.2, 0.25) is 0 Å². The molecule has 4 nitrogen and oxygen atoms in total. The average molecular weight is 256 g/mol. The molecule has 0 radical (unpaired) electrons. The molecular weight excluding hydrogens is 224 g/mol. The van der Waals surface area contributed by atoms with E-state index in [-0.39, 0.29) is 0 Å². The number of piperazine rings is 1. The predicted octanol–water partition coefficient (Wildman–Crippen LogP) is 0.539. The number of rotatable bonds is 7. The third-order valence-corrected chi connectivity index (χ3v) is 4.17. The molecule has 1 saturated heterocycles. The first-order chi connectivity index (χ1) is 8.52. The van der Waals surface area contributed by atoms with Crippen molar-refractivity contribution in [3.8, 4) is 0 Å². The summed E-state index contributed by atoms with van der Waals surface area (Å²) in [6.45, 7) is 12.7. The maximum Gasteiger partial charge on any atom is 0.0193 e. The van der Waals surface area contributed by atoms with E-state index in [4.69, 9.17) is 5.73 Å². The fourth-order valence-corrected chi connectivity index (χ4v) is 2.32. The van der Waals surface area contributed by atoms with Crippen LogP contribution in [-0.2, 0) is 0 Å². The van der Waals surface area contributed by atoms with E-state index in [0.29, 0.717) is 12.0 Å². The molecule has 1 rings (SSSR count). The minimum absolute atomic E-state index is 0.336. The number of nitrogens with zero attached hydrogens (tertiary/aromatic N) is 3. The molecule has 4 heteroatoms. The molecule has 108 valence electrons. The number of nitrogens with two attached hydrogens (primary N) is 1. The molecule has 2 atom stereocenters. The normalized spacial score (nSPS) is 22.3. The zero-order chi connectivity index (χ0) is 13.5. The standard InChI is InChI=1S/C14H32N4/c1-5-13(2)14(15)12-18-10-8-17(9-11-18)7-6-16(3)4/h13-14H,5-12,15H2,1-4H3.